The first-order valence-electron chi connectivity index (χ1n) is 3.96. The molecule has 1 aromatic carbocycles. The van der Waals surface area contributed by atoms with Gasteiger partial charge in [0.25, 0.3) is 0 Å². The summed E-state index contributed by atoms with van der Waals surface area (Å²) in [6.07, 6.45) is -4.73. The van der Waals surface area contributed by atoms with Crippen molar-refractivity contribution in [2.45, 2.75) is 6.18 Å². The van der Waals surface area contributed by atoms with Crippen LogP contribution in [0.4, 0.5) is 13.2 Å². The highest BCUT2D eigenvalue weighted by molar-refractivity contribution is 6.33. The number of Topliss-reactive ketones (excluding diaryl/α,β-unsaturated/α-hetero) is 1. The molecule has 1 aromatic rings. The second-order valence-corrected chi connectivity index (χ2v) is 3.58. The first-order chi connectivity index (χ1) is 7.27. The summed E-state index contributed by atoms with van der Waals surface area (Å²) in [6, 6.07) is 1.16. The van der Waals surface area contributed by atoms with E-state index in [1.54, 1.807) is 0 Å². The van der Waals surface area contributed by atoms with E-state index in [0.29, 0.717) is 12.1 Å². The lowest BCUT2D eigenvalue weighted by molar-refractivity contribution is -0.137. The van der Waals surface area contributed by atoms with E-state index in [4.69, 9.17) is 28.3 Å². The maximum atomic E-state index is 12.5. The predicted molar refractivity (Wildman–Crippen MR) is 53.2 cm³/mol. The summed E-state index contributed by atoms with van der Waals surface area (Å²) in [7, 11) is 0. The van der Waals surface area contributed by atoms with Crippen molar-refractivity contribution < 1.29 is 23.1 Å². The number of rotatable bonds is 2. The molecule has 0 amide bonds. The Kier molecular flexibility index (Phi) is 3.70. The number of phenols is 1. The van der Waals surface area contributed by atoms with E-state index >= 15 is 0 Å². The van der Waals surface area contributed by atoms with Crippen LogP contribution in [-0.4, -0.2) is 16.8 Å². The van der Waals surface area contributed by atoms with Gasteiger partial charge >= 0.3 is 6.18 Å². The number of halogens is 5. The Balaban J connectivity index is 3.45. The topological polar surface area (TPSA) is 37.3 Å². The van der Waals surface area contributed by atoms with Gasteiger partial charge in [0.2, 0.25) is 0 Å². The number of benzene rings is 1. The summed E-state index contributed by atoms with van der Waals surface area (Å²) in [5.41, 5.74) is -1.90. The van der Waals surface area contributed by atoms with E-state index < -0.39 is 39.7 Å². The van der Waals surface area contributed by atoms with Gasteiger partial charge in [0, 0.05) is 5.56 Å². The van der Waals surface area contributed by atoms with Gasteiger partial charge in [0.15, 0.2) is 5.78 Å². The van der Waals surface area contributed by atoms with E-state index in [2.05, 4.69) is 0 Å². The van der Waals surface area contributed by atoms with Crippen LogP contribution in [0, 0.1) is 0 Å². The average Bonchev–Trinajstić information content (AvgIpc) is 2.18. The Morgan fingerprint density at radius 3 is 2.38 bits per heavy atom. The average molecular weight is 273 g/mol. The maximum Gasteiger partial charge on any atom is 0.417 e. The number of alkyl halides is 4. The quantitative estimate of drug-likeness (QED) is 0.661. The second-order valence-electron chi connectivity index (χ2n) is 2.90. The highest BCUT2D eigenvalue weighted by Crippen LogP contribution is 2.37. The molecule has 2 nitrogen and oxygen atoms in total. The zero-order valence-electron chi connectivity index (χ0n) is 7.61. The van der Waals surface area contributed by atoms with Crippen LogP contribution >= 0.6 is 23.2 Å². The minimum Gasteiger partial charge on any atom is -0.506 e. The monoisotopic (exact) mass is 272 g/mol. The summed E-state index contributed by atoms with van der Waals surface area (Å²) >= 11 is 10.5. The molecule has 7 heteroatoms. The lowest BCUT2D eigenvalue weighted by Gasteiger charge is -2.12. The fourth-order valence-corrected chi connectivity index (χ4v) is 1.41. The van der Waals surface area contributed by atoms with Crippen LogP contribution < -0.4 is 0 Å². The Morgan fingerprint density at radius 2 is 1.94 bits per heavy atom. The summed E-state index contributed by atoms with van der Waals surface area (Å²) in [6.45, 7) is 0. The third-order valence-corrected chi connectivity index (χ3v) is 2.36. The fourth-order valence-electron chi connectivity index (χ4n) is 1.10. The molecule has 0 atom stereocenters. The van der Waals surface area contributed by atoms with Crippen molar-refractivity contribution in [3.63, 3.8) is 0 Å². The maximum absolute atomic E-state index is 12.5. The molecule has 0 spiro atoms. The van der Waals surface area contributed by atoms with Crippen molar-refractivity contribution in [3.8, 4) is 5.75 Å². The lowest BCUT2D eigenvalue weighted by Crippen LogP contribution is -2.14. The normalized spacial score (nSPS) is 11.6. The summed E-state index contributed by atoms with van der Waals surface area (Å²) in [4.78, 5) is 11.2. The van der Waals surface area contributed by atoms with Crippen molar-refractivity contribution in [1.29, 1.82) is 0 Å². The fraction of sp³-hybridized carbons (Fsp3) is 0.222. The number of ketones is 1. The van der Waals surface area contributed by atoms with Gasteiger partial charge in [0.1, 0.15) is 5.75 Å². The van der Waals surface area contributed by atoms with Crippen molar-refractivity contribution in [3.05, 3.63) is 28.3 Å². The molecule has 0 saturated heterocycles. The first-order valence-corrected chi connectivity index (χ1v) is 4.87. The molecular formula is C9H5Cl2F3O2. The number of carbonyl (C=O) groups excluding carboxylic acids is 1. The van der Waals surface area contributed by atoms with Gasteiger partial charge in [-0.05, 0) is 12.1 Å². The van der Waals surface area contributed by atoms with E-state index in [-0.39, 0.29) is 0 Å². The molecular weight excluding hydrogens is 268 g/mol. The van der Waals surface area contributed by atoms with Gasteiger partial charge in [-0.2, -0.15) is 13.2 Å². The van der Waals surface area contributed by atoms with Gasteiger partial charge < -0.3 is 5.11 Å². The summed E-state index contributed by atoms with van der Waals surface area (Å²) in [5.74, 6) is -2.13. The SMILES string of the molecule is O=C(CCl)c1cc(O)c(Cl)cc1C(F)(F)F. The van der Waals surface area contributed by atoms with Crippen LogP contribution in [-0.2, 0) is 6.18 Å². The Bertz CT molecular complexity index is 429. The Hall–Kier alpha value is -0.940. The summed E-state index contributed by atoms with van der Waals surface area (Å²) < 4.78 is 37.6. The number of hydrogen-bond donors (Lipinski definition) is 1. The molecule has 16 heavy (non-hydrogen) atoms. The zero-order chi connectivity index (χ0) is 12.5. The minimum absolute atomic E-state index is 0.474. The van der Waals surface area contributed by atoms with E-state index in [9.17, 15) is 18.0 Å². The molecule has 0 aromatic heterocycles. The lowest BCUT2D eigenvalue weighted by atomic mass is 10.0. The van der Waals surface area contributed by atoms with Gasteiger partial charge in [-0.15, -0.1) is 11.6 Å². The van der Waals surface area contributed by atoms with Gasteiger partial charge in [-0.3, -0.25) is 4.79 Å². The van der Waals surface area contributed by atoms with Crippen LogP contribution in [0.15, 0.2) is 12.1 Å². The third kappa shape index (κ3) is 2.59. The number of carbonyl (C=O) groups is 1. The molecule has 0 bridgehead atoms. The van der Waals surface area contributed by atoms with Crippen molar-refractivity contribution >= 4 is 29.0 Å². The molecule has 0 radical (unpaired) electrons. The number of aromatic hydroxyl groups is 1. The Labute approximate surface area is 98.6 Å². The molecule has 0 aliphatic carbocycles. The molecule has 1 N–H and O–H groups in total. The molecule has 1 rings (SSSR count). The van der Waals surface area contributed by atoms with E-state index in [1.807, 2.05) is 0 Å². The third-order valence-electron chi connectivity index (χ3n) is 1.81. The molecule has 0 saturated carbocycles. The number of hydrogen-bond acceptors (Lipinski definition) is 2. The summed E-state index contributed by atoms with van der Waals surface area (Å²) in [5, 5.41) is 8.67. The van der Waals surface area contributed by atoms with Crippen LogP contribution in [0.1, 0.15) is 15.9 Å². The van der Waals surface area contributed by atoms with Crippen molar-refractivity contribution in [2.24, 2.45) is 0 Å². The van der Waals surface area contributed by atoms with Crippen molar-refractivity contribution in [2.75, 3.05) is 5.88 Å². The molecule has 0 aliphatic rings. The number of phenolic OH excluding ortho intramolecular Hbond substituents is 1. The van der Waals surface area contributed by atoms with Gasteiger partial charge in [-0.25, -0.2) is 0 Å². The van der Waals surface area contributed by atoms with E-state index in [0.717, 1.165) is 0 Å². The van der Waals surface area contributed by atoms with Crippen LogP contribution in [0.3, 0.4) is 0 Å². The van der Waals surface area contributed by atoms with Gasteiger partial charge in [-0.1, -0.05) is 11.6 Å². The van der Waals surface area contributed by atoms with E-state index in [1.165, 1.54) is 0 Å². The van der Waals surface area contributed by atoms with Gasteiger partial charge in [0.05, 0.1) is 16.5 Å². The van der Waals surface area contributed by atoms with Crippen LogP contribution in [0.25, 0.3) is 0 Å². The Morgan fingerprint density at radius 1 is 1.38 bits per heavy atom. The predicted octanol–water partition coefficient (Wildman–Crippen LogP) is 3.49. The van der Waals surface area contributed by atoms with Crippen molar-refractivity contribution in [1.82, 2.24) is 0 Å². The highest BCUT2D eigenvalue weighted by Gasteiger charge is 2.35. The molecule has 0 fully saturated rings. The smallest absolute Gasteiger partial charge is 0.417 e. The van der Waals surface area contributed by atoms with Crippen LogP contribution in [0.5, 0.6) is 5.75 Å². The minimum atomic E-state index is -4.73. The van der Waals surface area contributed by atoms with Crippen LogP contribution in [0.2, 0.25) is 5.02 Å². The highest BCUT2D eigenvalue weighted by atomic mass is 35.5. The first kappa shape index (κ1) is 13.1. The molecule has 0 heterocycles. The standard InChI is InChI=1S/C9H5Cl2F3O2/c10-3-8(16)4-1-7(15)6(11)2-5(4)9(12,13)14/h1-2,15H,3H2. The molecule has 0 unspecified atom stereocenters. The zero-order valence-corrected chi connectivity index (χ0v) is 9.12. The largest absolute Gasteiger partial charge is 0.506 e. The molecule has 0 aliphatic heterocycles. The second kappa shape index (κ2) is 4.51. The molecule has 88 valence electrons.